The monoisotopic (exact) mass is 832 g/mol. The van der Waals surface area contributed by atoms with E-state index in [0.717, 1.165) is 18.5 Å². The predicted molar refractivity (Wildman–Crippen MR) is 236 cm³/mol. The molecule has 0 aliphatic heterocycles. The predicted octanol–water partition coefficient (Wildman–Crippen LogP) is 10.7. The first-order valence-corrected chi connectivity index (χ1v) is 22.3. The van der Waals surface area contributed by atoms with Crippen molar-refractivity contribution in [2.45, 2.75) is 6.92 Å². The maximum atomic E-state index is 3.00. The van der Waals surface area contributed by atoms with Gasteiger partial charge in [0.1, 0.15) is 0 Å². The molecular formula is C49H48P3Rh-. The third kappa shape index (κ3) is 12.9. The molecule has 0 nitrogen and oxygen atoms in total. The quantitative estimate of drug-likeness (QED) is 0.0498. The zero-order valence-corrected chi connectivity index (χ0v) is 34.7. The summed E-state index contributed by atoms with van der Waals surface area (Å²) in [6, 6.07) is 80.2. The second kappa shape index (κ2) is 23.1. The third-order valence-electron chi connectivity index (χ3n) is 8.63. The number of hydrogen-bond donors (Lipinski definition) is 0. The zero-order valence-electron chi connectivity index (χ0n) is 30.4. The first-order chi connectivity index (χ1) is 25.7. The van der Waals surface area contributed by atoms with Crippen LogP contribution < -0.4 is 31.8 Å². The fourth-order valence-corrected chi connectivity index (χ4v) is 15.0. The van der Waals surface area contributed by atoms with Gasteiger partial charge in [0, 0.05) is 19.5 Å². The molecule has 0 atom stereocenters. The Balaban J connectivity index is 0.000000626. The average molecular weight is 833 g/mol. The third-order valence-corrected chi connectivity index (χ3v) is 17.4. The van der Waals surface area contributed by atoms with Gasteiger partial charge in [-0.15, -0.1) is 13.2 Å². The molecule has 53 heavy (non-hydrogen) atoms. The van der Waals surface area contributed by atoms with E-state index in [9.17, 15) is 0 Å². The van der Waals surface area contributed by atoms with E-state index in [4.69, 9.17) is 0 Å². The topological polar surface area (TPSA) is 0 Å². The number of hydrogen-bond acceptors (Lipinski definition) is 0. The molecule has 7 rings (SSSR count). The Morgan fingerprint density at radius 1 is 0.358 bits per heavy atom. The van der Waals surface area contributed by atoms with Crippen molar-refractivity contribution < 1.29 is 19.5 Å². The van der Waals surface area contributed by atoms with Crippen LogP contribution in [0.2, 0.25) is 0 Å². The van der Waals surface area contributed by atoms with Gasteiger partial charge in [-0.25, -0.2) is 0 Å². The van der Waals surface area contributed by atoms with Gasteiger partial charge in [0.25, 0.3) is 0 Å². The molecule has 0 amide bonds. The van der Waals surface area contributed by atoms with Gasteiger partial charge in [-0.05, 0) is 79.5 Å². The van der Waals surface area contributed by atoms with E-state index in [1.807, 2.05) is 30.3 Å². The van der Waals surface area contributed by atoms with E-state index < -0.39 is 23.8 Å². The molecule has 0 aliphatic carbocycles. The maximum absolute atomic E-state index is 3.00. The standard InChI is InChI=1S/C41H39P3.C6H5.C2H4.Rh/c1-41(32-42(35-20-8-2-9-21-35)36-22-10-3-11-23-36,33-43(37-24-12-4-13-25-37)38-26-14-5-15-27-38)34-44(39-28-16-6-17-29-39)40-30-18-7-19-31-40;1-2-4-6-5-3-1;1-2;/h2-31H,32-34H2,1H3;1-5H;1-2H2;/q;-1;;. The Labute approximate surface area is 335 Å². The van der Waals surface area contributed by atoms with Gasteiger partial charge in [0.05, 0.1) is 0 Å². The molecule has 0 aromatic heterocycles. The minimum Gasteiger partial charge on any atom is -0.184 e. The molecule has 1 radical (unpaired) electrons. The van der Waals surface area contributed by atoms with Crippen molar-refractivity contribution >= 4 is 55.6 Å². The SMILES string of the molecule is C=C.CC(CP(c1ccccc1)c1ccccc1)(CP(c1ccccc1)c1ccccc1)CP(c1ccccc1)c1ccccc1.[Rh].[c-]1ccccc1. The molecule has 0 aliphatic rings. The normalized spacial score (nSPS) is 10.7. The summed E-state index contributed by atoms with van der Waals surface area (Å²) in [6.07, 6.45) is 3.44. The fraction of sp³-hybridized carbons (Fsp3) is 0.102. The molecule has 0 heterocycles. The van der Waals surface area contributed by atoms with Crippen molar-refractivity contribution in [3.63, 3.8) is 0 Å². The molecule has 0 spiro atoms. The molecule has 0 saturated heterocycles. The van der Waals surface area contributed by atoms with Crippen LogP contribution in [0.25, 0.3) is 0 Å². The minimum absolute atomic E-state index is 0. The summed E-state index contributed by atoms with van der Waals surface area (Å²) >= 11 is 0. The largest absolute Gasteiger partial charge is 0.184 e. The van der Waals surface area contributed by atoms with E-state index >= 15 is 0 Å². The molecular weight excluding hydrogens is 784 g/mol. The molecule has 0 N–H and O–H groups in total. The van der Waals surface area contributed by atoms with E-state index in [-0.39, 0.29) is 24.9 Å². The van der Waals surface area contributed by atoms with Crippen LogP contribution in [0.4, 0.5) is 0 Å². The number of benzene rings is 7. The summed E-state index contributed by atoms with van der Waals surface area (Å²) in [5.74, 6) is 0. The van der Waals surface area contributed by atoms with Crippen LogP contribution in [0.5, 0.6) is 0 Å². The summed E-state index contributed by atoms with van der Waals surface area (Å²) in [4.78, 5) is 0. The molecule has 269 valence electrons. The Hall–Kier alpha value is -3.81. The van der Waals surface area contributed by atoms with Crippen molar-refractivity contribution in [1.29, 1.82) is 0 Å². The summed E-state index contributed by atoms with van der Waals surface area (Å²) in [5, 5.41) is 8.79. The van der Waals surface area contributed by atoms with Crippen LogP contribution in [-0.2, 0) is 19.5 Å². The van der Waals surface area contributed by atoms with Gasteiger partial charge in [-0.1, -0.05) is 189 Å². The molecule has 0 saturated carbocycles. The van der Waals surface area contributed by atoms with Gasteiger partial charge in [0.15, 0.2) is 0 Å². The zero-order chi connectivity index (χ0) is 36.3. The smallest absolute Gasteiger partial charge is 0 e. The van der Waals surface area contributed by atoms with Crippen molar-refractivity contribution in [3.05, 3.63) is 232 Å². The summed E-state index contributed by atoms with van der Waals surface area (Å²) in [7, 11) is -1.66. The van der Waals surface area contributed by atoms with E-state index in [2.05, 4.69) is 208 Å². The second-order valence-electron chi connectivity index (χ2n) is 12.7. The minimum atomic E-state index is -0.555. The van der Waals surface area contributed by atoms with Crippen LogP contribution in [0.3, 0.4) is 0 Å². The number of rotatable bonds is 12. The van der Waals surface area contributed by atoms with Crippen LogP contribution in [-0.4, -0.2) is 18.5 Å². The Bertz CT molecular complexity index is 1590. The summed E-state index contributed by atoms with van der Waals surface area (Å²) in [6.45, 7) is 8.61. The van der Waals surface area contributed by atoms with Crippen LogP contribution >= 0.6 is 23.8 Å². The van der Waals surface area contributed by atoms with Crippen LogP contribution in [0.15, 0.2) is 225 Å². The van der Waals surface area contributed by atoms with Crippen molar-refractivity contribution in [3.8, 4) is 0 Å². The molecule has 0 bridgehead atoms. The van der Waals surface area contributed by atoms with E-state index in [1.54, 1.807) is 0 Å². The summed E-state index contributed by atoms with van der Waals surface area (Å²) < 4.78 is 0. The molecule has 4 heteroatoms. The first-order valence-electron chi connectivity index (χ1n) is 17.7. The van der Waals surface area contributed by atoms with Crippen molar-refractivity contribution in [1.82, 2.24) is 0 Å². The van der Waals surface area contributed by atoms with Crippen molar-refractivity contribution in [2.75, 3.05) is 18.5 Å². The fourth-order valence-electron chi connectivity index (χ4n) is 6.28. The van der Waals surface area contributed by atoms with Crippen LogP contribution in [0.1, 0.15) is 6.92 Å². The van der Waals surface area contributed by atoms with Crippen LogP contribution in [0, 0.1) is 11.5 Å². The Morgan fingerprint density at radius 2 is 0.547 bits per heavy atom. The maximum Gasteiger partial charge on any atom is 0 e. The Kier molecular flexibility index (Phi) is 18.3. The molecule has 7 aromatic carbocycles. The second-order valence-corrected chi connectivity index (χ2v) is 19.3. The Morgan fingerprint density at radius 3 is 0.698 bits per heavy atom. The molecule has 7 aromatic rings. The summed E-state index contributed by atoms with van der Waals surface area (Å²) in [5.41, 5.74) is 0.0756. The van der Waals surface area contributed by atoms with Gasteiger partial charge < -0.3 is 0 Å². The first kappa shape index (κ1) is 41.9. The van der Waals surface area contributed by atoms with Gasteiger partial charge in [-0.2, -0.15) is 36.4 Å². The van der Waals surface area contributed by atoms with E-state index in [1.165, 1.54) is 31.8 Å². The van der Waals surface area contributed by atoms with Gasteiger partial charge >= 0.3 is 0 Å². The van der Waals surface area contributed by atoms with Gasteiger partial charge in [-0.3, -0.25) is 0 Å². The average Bonchev–Trinajstić information content (AvgIpc) is 3.25. The van der Waals surface area contributed by atoms with Gasteiger partial charge in [0.2, 0.25) is 0 Å². The molecule has 0 unspecified atom stereocenters. The van der Waals surface area contributed by atoms with E-state index in [0.29, 0.717) is 0 Å². The van der Waals surface area contributed by atoms with Crippen molar-refractivity contribution in [2.24, 2.45) is 5.41 Å². The molecule has 0 fully saturated rings.